The summed E-state index contributed by atoms with van der Waals surface area (Å²) in [5.41, 5.74) is 0.861. The molecule has 0 amide bonds. The van der Waals surface area contributed by atoms with E-state index in [1.54, 1.807) is 11.3 Å². The van der Waals surface area contributed by atoms with Crippen molar-refractivity contribution in [2.24, 2.45) is 5.92 Å². The predicted octanol–water partition coefficient (Wildman–Crippen LogP) is 3.99. The van der Waals surface area contributed by atoms with E-state index in [0.717, 1.165) is 5.56 Å². The van der Waals surface area contributed by atoms with Crippen molar-refractivity contribution in [2.45, 2.75) is 26.4 Å². The Kier molecular flexibility index (Phi) is 4.74. The van der Waals surface area contributed by atoms with Crippen LogP contribution in [-0.2, 0) is 6.54 Å². The summed E-state index contributed by atoms with van der Waals surface area (Å²) in [7, 11) is 0. The van der Waals surface area contributed by atoms with E-state index in [4.69, 9.17) is 5.11 Å². The first-order chi connectivity index (χ1) is 9.09. The van der Waals surface area contributed by atoms with E-state index < -0.39 is 5.97 Å². The lowest BCUT2D eigenvalue weighted by atomic mass is 10.0. The lowest BCUT2D eigenvalue weighted by Crippen LogP contribution is -2.25. The van der Waals surface area contributed by atoms with Gasteiger partial charge in [0.25, 0.3) is 0 Å². The number of aromatic carboxylic acids is 1. The smallest absolute Gasteiger partial charge is 0.346 e. The maximum atomic E-state index is 11.1. The van der Waals surface area contributed by atoms with Gasteiger partial charge in [-0.2, -0.15) is 0 Å². The number of carboxylic acid groups (broad SMARTS) is 1. The molecule has 2 aromatic heterocycles. The summed E-state index contributed by atoms with van der Waals surface area (Å²) in [5.74, 6) is -0.380. The highest BCUT2D eigenvalue weighted by atomic mass is 32.1. The molecule has 2 aromatic rings. The van der Waals surface area contributed by atoms with Crippen LogP contribution in [0.1, 0.15) is 40.0 Å². The first-order valence-corrected chi connectivity index (χ1v) is 7.92. The fraction of sp³-hybridized carbons (Fsp3) is 0.357. The highest BCUT2D eigenvalue weighted by Gasteiger charge is 2.18. The number of carboxylic acids is 1. The van der Waals surface area contributed by atoms with Crippen LogP contribution in [0, 0.1) is 5.92 Å². The van der Waals surface area contributed by atoms with Crippen molar-refractivity contribution in [3.63, 3.8) is 0 Å². The van der Waals surface area contributed by atoms with Crippen LogP contribution in [0.4, 0.5) is 0 Å². The lowest BCUT2D eigenvalue weighted by molar-refractivity contribution is 0.0701. The van der Waals surface area contributed by atoms with E-state index >= 15 is 0 Å². The molecule has 19 heavy (non-hydrogen) atoms. The number of rotatable bonds is 6. The molecule has 1 atom stereocenters. The number of hydrogen-bond donors (Lipinski definition) is 2. The van der Waals surface area contributed by atoms with E-state index in [2.05, 4.69) is 30.6 Å². The van der Waals surface area contributed by atoms with Gasteiger partial charge in [0, 0.05) is 17.5 Å². The van der Waals surface area contributed by atoms with Gasteiger partial charge in [0.2, 0.25) is 0 Å². The number of nitrogens with one attached hydrogen (secondary N) is 1. The average molecular weight is 295 g/mol. The second-order valence-corrected chi connectivity index (χ2v) is 6.59. The Labute approximate surface area is 120 Å². The van der Waals surface area contributed by atoms with Crippen LogP contribution in [0.5, 0.6) is 0 Å². The van der Waals surface area contributed by atoms with Crippen molar-refractivity contribution in [1.82, 2.24) is 5.32 Å². The molecule has 0 fully saturated rings. The van der Waals surface area contributed by atoms with Crippen LogP contribution >= 0.6 is 22.7 Å². The van der Waals surface area contributed by atoms with Gasteiger partial charge in [0.1, 0.15) is 4.88 Å². The molecule has 2 heterocycles. The van der Waals surface area contributed by atoms with Crippen LogP contribution in [0.2, 0.25) is 0 Å². The Hall–Kier alpha value is -1.17. The number of carbonyl (C=O) groups is 1. The zero-order chi connectivity index (χ0) is 13.8. The van der Waals surface area contributed by atoms with Gasteiger partial charge in [-0.05, 0) is 34.4 Å². The summed E-state index contributed by atoms with van der Waals surface area (Å²) >= 11 is 3.01. The molecule has 0 spiro atoms. The predicted molar refractivity (Wildman–Crippen MR) is 80.0 cm³/mol. The third-order valence-electron chi connectivity index (χ3n) is 2.97. The second kappa shape index (κ2) is 6.32. The molecule has 102 valence electrons. The number of thiophene rings is 2. The quantitative estimate of drug-likeness (QED) is 0.847. The van der Waals surface area contributed by atoms with Crippen LogP contribution < -0.4 is 5.32 Å². The van der Waals surface area contributed by atoms with Crippen LogP contribution in [0.25, 0.3) is 0 Å². The van der Waals surface area contributed by atoms with Gasteiger partial charge in [0.15, 0.2) is 0 Å². The van der Waals surface area contributed by atoms with Crippen molar-refractivity contribution in [3.8, 4) is 0 Å². The minimum absolute atomic E-state index is 0.265. The minimum atomic E-state index is -0.843. The molecular weight excluding hydrogens is 278 g/mol. The summed E-state index contributed by atoms with van der Waals surface area (Å²) in [5, 5.41) is 16.5. The molecule has 0 bridgehead atoms. The fourth-order valence-corrected chi connectivity index (χ4v) is 3.75. The third kappa shape index (κ3) is 3.43. The Balaban J connectivity index is 2.07. The monoisotopic (exact) mass is 295 g/mol. The maximum absolute atomic E-state index is 11.1. The zero-order valence-electron chi connectivity index (χ0n) is 10.9. The van der Waals surface area contributed by atoms with Crippen LogP contribution in [0.3, 0.4) is 0 Å². The number of hydrogen-bond acceptors (Lipinski definition) is 4. The van der Waals surface area contributed by atoms with E-state index in [1.165, 1.54) is 16.2 Å². The van der Waals surface area contributed by atoms with Gasteiger partial charge in [-0.15, -0.1) is 22.7 Å². The Morgan fingerprint density at radius 1 is 1.32 bits per heavy atom. The van der Waals surface area contributed by atoms with Gasteiger partial charge in [-0.3, -0.25) is 0 Å². The molecule has 0 radical (unpaired) electrons. The van der Waals surface area contributed by atoms with Crippen LogP contribution in [0.15, 0.2) is 29.0 Å². The van der Waals surface area contributed by atoms with Gasteiger partial charge in [-0.25, -0.2) is 4.79 Å². The average Bonchev–Trinajstić information content (AvgIpc) is 2.98. The van der Waals surface area contributed by atoms with Crippen molar-refractivity contribution in [3.05, 3.63) is 44.3 Å². The zero-order valence-corrected chi connectivity index (χ0v) is 12.6. The summed E-state index contributed by atoms with van der Waals surface area (Å²) in [6, 6.07) is 6.31. The van der Waals surface area contributed by atoms with Gasteiger partial charge >= 0.3 is 5.97 Å². The summed E-state index contributed by atoms with van der Waals surface area (Å²) in [4.78, 5) is 12.8. The van der Waals surface area contributed by atoms with E-state index in [1.807, 2.05) is 17.5 Å². The van der Waals surface area contributed by atoms with Crippen molar-refractivity contribution >= 4 is 28.6 Å². The summed E-state index contributed by atoms with van der Waals surface area (Å²) in [6.45, 7) is 4.93. The molecule has 2 rings (SSSR count). The molecule has 3 nitrogen and oxygen atoms in total. The molecule has 0 aliphatic heterocycles. The first-order valence-electron chi connectivity index (χ1n) is 6.16. The molecular formula is C14H17NO2S2. The van der Waals surface area contributed by atoms with Crippen molar-refractivity contribution in [2.75, 3.05) is 0 Å². The molecule has 0 aliphatic carbocycles. The Morgan fingerprint density at radius 2 is 2.11 bits per heavy atom. The molecule has 0 saturated heterocycles. The van der Waals surface area contributed by atoms with Crippen molar-refractivity contribution < 1.29 is 9.90 Å². The third-order valence-corrected chi connectivity index (χ3v) is 4.87. The van der Waals surface area contributed by atoms with Gasteiger partial charge < -0.3 is 10.4 Å². The molecule has 1 unspecified atom stereocenters. The van der Waals surface area contributed by atoms with E-state index in [-0.39, 0.29) is 6.04 Å². The topological polar surface area (TPSA) is 49.3 Å². The Bertz CT molecular complexity index is 531. The van der Waals surface area contributed by atoms with Gasteiger partial charge in [0.05, 0.1) is 0 Å². The summed E-state index contributed by atoms with van der Waals surface area (Å²) in [6.07, 6.45) is 0. The largest absolute Gasteiger partial charge is 0.477 e. The second-order valence-electron chi connectivity index (χ2n) is 4.70. The highest BCUT2D eigenvalue weighted by Crippen LogP contribution is 2.27. The normalized spacial score (nSPS) is 12.8. The first kappa shape index (κ1) is 14.2. The van der Waals surface area contributed by atoms with Crippen LogP contribution in [-0.4, -0.2) is 11.1 Å². The highest BCUT2D eigenvalue weighted by molar-refractivity contribution is 7.12. The lowest BCUT2D eigenvalue weighted by Gasteiger charge is -2.21. The molecule has 5 heteroatoms. The van der Waals surface area contributed by atoms with Gasteiger partial charge in [-0.1, -0.05) is 19.9 Å². The van der Waals surface area contributed by atoms with E-state index in [9.17, 15) is 4.79 Å². The fourth-order valence-electron chi connectivity index (χ4n) is 2.02. The SMILES string of the molecule is CC(C)C(NCc1ccsc1C(=O)O)c1cccs1. The minimum Gasteiger partial charge on any atom is -0.477 e. The Morgan fingerprint density at radius 3 is 2.68 bits per heavy atom. The molecule has 0 saturated carbocycles. The molecule has 0 aromatic carbocycles. The van der Waals surface area contributed by atoms with E-state index in [0.29, 0.717) is 17.3 Å². The summed E-state index contributed by atoms with van der Waals surface area (Å²) < 4.78 is 0. The molecule has 2 N–H and O–H groups in total. The van der Waals surface area contributed by atoms with Crippen molar-refractivity contribution in [1.29, 1.82) is 0 Å². The maximum Gasteiger partial charge on any atom is 0.346 e. The standard InChI is InChI=1S/C14H17NO2S2/c1-9(2)12(11-4-3-6-18-11)15-8-10-5-7-19-13(10)14(16)17/h3-7,9,12,15H,8H2,1-2H3,(H,16,17). The molecule has 0 aliphatic rings.